The summed E-state index contributed by atoms with van der Waals surface area (Å²) in [5.41, 5.74) is -0.621. The van der Waals surface area contributed by atoms with Gasteiger partial charge in [-0.2, -0.15) is 0 Å². The van der Waals surface area contributed by atoms with Crippen LogP contribution in [0.25, 0.3) is 0 Å². The summed E-state index contributed by atoms with van der Waals surface area (Å²) in [4.78, 5) is 12.1. The van der Waals surface area contributed by atoms with E-state index in [1.54, 1.807) is 0 Å². The Morgan fingerprint density at radius 2 is 2.16 bits per heavy atom. The van der Waals surface area contributed by atoms with Crippen LogP contribution in [-0.2, 0) is 0 Å². The first-order chi connectivity index (χ1) is 9.10. The van der Waals surface area contributed by atoms with Gasteiger partial charge in [-0.05, 0) is 25.0 Å². The summed E-state index contributed by atoms with van der Waals surface area (Å²) in [6.07, 6.45) is 3.39. The van der Waals surface area contributed by atoms with Gasteiger partial charge in [-0.15, -0.1) is 0 Å². The standard InChI is InChI=1S/C14H18FNO3/c1-19-10-4-5-11(12(15)8-10)13(18)16-14(9-17)6-2-3-7-14/h4-5,8,17H,2-3,6-7,9H2,1H3,(H,16,18). The molecule has 0 aromatic heterocycles. The van der Waals surface area contributed by atoms with Crippen molar-refractivity contribution >= 4 is 5.91 Å². The van der Waals surface area contributed by atoms with Crippen molar-refractivity contribution in [3.8, 4) is 5.75 Å². The average molecular weight is 267 g/mol. The number of carbonyl (C=O) groups is 1. The SMILES string of the molecule is COc1ccc(C(=O)NC2(CO)CCCC2)c(F)c1. The van der Waals surface area contributed by atoms with E-state index in [1.807, 2.05) is 0 Å². The van der Waals surface area contributed by atoms with E-state index < -0.39 is 17.3 Å². The van der Waals surface area contributed by atoms with Crippen molar-refractivity contribution in [2.75, 3.05) is 13.7 Å². The zero-order valence-corrected chi connectivity index (χ0v) is 10.9. The van der Waals surface area contributed by atoms with Gasteiger partial charge in [0.1, 0.15) is 11.6 Å². The van der Waals surface area contributed by atoms with Crippen molar-refractivity contribution < 1.29 is 19.0 Å². The predicted octanol–water partition coefficient (Wildman–Crippen LogP) is 1.87. The van der Waals surface area contributed by atoms with E-state index in [0.29, 0.717) is 5.75 Å². The lowest BCUT2D eigenvalue weighted by Crippen LogP contribution is -2.49. The van der Waals surface area contributed by atoms with Crippen LogP contribution in [-0.4, -0.2) is 30.3 Å². The maximum absolute atomic E-state index is 13.8. The van der Waals surface area contributed by atoms with Gasteiger partial charge in [0.2, 0.25) is 0 Å². The molecule has 1 aliphatic rings. The molecule has 2 N–H and O–H groups in total. The van der Waals surface area contributed by atoms with Gasteiger partial charge in [0.15, 0.2) is 0 Å². The number of hydrogen-bond donors (Lipinski definition) is 2. The molecular weight excluding hydrogens is 249 g/mol. The molecule has 0 heterocycles. The average Bonchev–Trinajstić information content (AvgIpc) is 2.87. The lowest BCUT2D eigenvalue weighted by molar-refractivity contribution is 0.0834. The highest BCUT2D eigenvalue weighted by molar-refractivity contribution is 5.95. The van der Waals surface area contributed by atoms with E-state index in [1.165, 1.54) is 25.3 Å². The molecule has 2 rings (SSSR count). The van der Waals surface area contributed by atoms with Crippen LogP contribution in [0.5, 0.6) is 5.75 Å². The van der Waals surface area contributed by atoms with Gasteiger partial charge in [0, 0.05) is 6.07 Å². The third-order valence-electron chi connectivity index (χ3n) is 3.66. The van der Waals surface area contributed by atoms with Gasteiger partial charge in [0.05, 0.1) is 24.8 Å². The van der Waals surface area contributed by atoms with Gasteiger partial charge in [0.25, 0.3) is 5.91 Å². The molecule has 0 bridgehead atoms. The summed E-state index contributed by atoms with van der Waals surface area (Å²) in [6, 6.07) is 4.11. The molecule has 1 aliphatic carbocycles. The van der Waals surface area contributed by atoms with Gasteiger partial charge in [-0.25, -0.2) is 4.39 Å². The summed E-state index contributed by atoms with van der Waals surface area (Å²) in [7, 11) is 1.44. The molecule has 0 unspecified atom stereocenters. The normalized spacial score (nSPS) is 17.2. The number of amides is 1. The molecule has 0 radical (unpaired) electrons. The number of benzene rings is 1. The Hall–Kier alpha value is -1.62. The fourth-order valence-corrected chi connectivity index (χ4v) is 2.49. The van der Waals surface area contributed by atoms with E-state index >= 15 is 0 Å². The smallest absolute Gasteiger partial charge is 0.254 e. The maximum Gasteiger partial charge on any atom is 0.254 e. The van der Waals surface area contributed by atoms with E-state index in [2.05, 4.69) is 5.32 Å². The fraction of sp³-hybridized carbons (Fsp3) is 0.500. The second kappa shape index (κ2) is 5.57. The molecule has 1 aromatic rings. The predicted molar refractivity (Wildman–Crippen MR) is 68.7 cm³/mol. The molecule has 0 saturated heterocycles. The van der Waals surface area contributed by atoms with Crippen molar-refractivity contribution in [3.05, 3.63) is 29.6 Å². The van der Waals surface area contributed by atoms with Crippen molar-refractivity contribution in [1.29, 1.82) is 0 Å². The van der Waals surface area contributed by atoms with Crippen molar-refractivity contribution in [3.63, 3.8) is 0 Å². The minimum absolute atomic E-state index is 0.0273. The number of nitrogens with one attached hydrogen (secondary N) is 1. The monoisotopic (exact) mass is 267 g/mol. The molecule has 1 fully saturated rings. The zero-order chi connectivity index (χ0) is 13.9. The first-order valence-electron chi connectivity index (χ1n) is 6.37. The summed E-state index contributed by atoms with van der Waals surface area (Å²) in [5, 5.41) is 12.2. The van der Waals surface area contributed by atoms with Crippen LogP contribution in [0.15, 0.2) is 18.2 Å². The van der Waals surface area contributed by atoms with Gasteiger partial charge in [-0.3, -0.25) is 4.79 Å². The number of aliphatic hydroxyl groups is 1. The largest absolute Gasteiger partial charge is 0.497 e. The molecule has 19 heavy (non-hydrogen) atoms. The topological polar surface area (TPSA) is 58.6 Å². The Morgan fingerprint density at radius 3 is 2.68 bits per heavy atom. The van der Waals surface area contributed by atoms with Gasteiger partial charge < -0.3 is 15.2 Å². The highest BCUT2D eigenvalue weighted by Gasteiger charge is 2.35. The lowest BCUT2D eigenvalue weighted by atomic mass is 9.98. The number of methoxy groups -OCH3 is 1. The summed E-state index contributed by atoms with van der Waals surface area (Å²) < 4.78 is 18.7. The first kappa shape index (κ1) is 13.8. The summed E-state index contributed by atoms with van der Waals surface area (Å²) >= 11 is 0. The van der Waals surface area contributed by atoms with Crippen LogP contribution in [0.3, 0.4) is 0 Å². The van der Waals surface area contributed by atoms with Crippen LogP contribution < -0.4 is 10.1 Å². The van der Waals surface area contributed by atoms with Gasteiger partial charge >= 0.3 is 0 Å². The minimum Gasteiger partial charge on any atom is -0.497 e. The van der Waals surface area contributed by atoms with Crippen LogP contribution >= 0.6 is 0 Å². The molecular formula is C14H18FNO3. The van der Waals surface area contributed by atoms with E-state index in [0.717, 1.165) is 25.7 Å². The van der Waals surface area contributed by atoms with Crippen LogP contribution in [0.4, 0.5) is 4.39 Å². The number of hydrogen-bond acceptors (Lipinski definition) is 3. The van der Waals surface area contributed by atoms with E-state index in [4.69, 9.17) is 4.74 Å². The van der Waals surface area contributed by atoms with Crippen molar-refractivity contribution in [2.45, 2.75) is 31.2 Å². The summed E-state index contributed by atoms with van der Waals surface area (Å²) in [5.74, 6) is -0.745. The Bertz CT molecular complexity index is 470. The molecule has 1 amide bonds. The highest BCUT2D eigenvalue weighted by atomic mass is 19.1. The molecule has 0 spiro atoms. The second-order valence-corrected chi connectivity index (χ2v) is 4.95. The maximum atomic E-state index is 13.8. The van der Waals surface area contributed by atoms with Crippen LogP contribution in [0.1, 0.15) is 36.0 Å². The quantitative estimate of drug-likeness (QED) is 0.875. The number of ether oxygens (including phenoxy) is 1. The zero-order valence-electron chi connectivity index (χ0n) is 10.9. The fourth-order valence-electron chi connectivity index (χ4n) is 2.49. The third-order valence-corrected chi connectivity index (χ3v) is 3.66. The molecule has 1 saturated carbocycles. The van der Waals surface area contributed by atoms with Crippen LogP contribution in [0.2, 0.25) is 0 Å². The Kier molecular flexibility index (Phi) is 4.04. The molecule has 0 atom stereocenters. The Labute approximate surface area is 111 Å². The third kappa shape index (κ3) is 2.87. The second-order valence-electron chi connectivity index (χ2n) is 4.95. The van der Waals surface area contributed by atoms with E-state index in [-0.39, 0.29) is 12.2 Å². The lowest BCUT2D eigenvalue weighted by Gasteiger charge is -2.28. The van der Waals surface area contributed by atoms with Gasteiger partial charge in [-0.1, -0.05) is 12.8 Å². The number of halogens is 1. The molecule has 104 valence electrons. The van der Waals surface area contributed by atoms with E-state index in [9.17, 15) is 14.3 Å². The number of rotatable bonds is 4. The molecule has 5 heteroatoms. The van der Waals surface area contributed by atoms with Crippen molar-refractivity contribution in [1.82, 2.24) is 5.32 Å². The molecule has 1 aromatic carbocycles. The minimum atomic E-state index is -0.622. The summed E-state index contributed by atoms with van der Waals surface area (Å²) in [6.45, 7) is -0.115. The number of aliphatic hydroxyl groups excluding tert-OH is 1. The Balaban J connectivity index is 2.15. The number of carbonyl (C=O) groups excluding carboxylic acids is 1. The molecule has 4 nitrogen and oxygen atoms in total. The first-order valence-corrected chi connectivity index (χ1v) is 6.37. The molecule has 0 aliphatic heterocycles. The Morgan fingerprint density at radius 1 is 1.47 bits per heavy atom. The van der Waals surface area contributed by atoms with Crippen LogP contribution in [0, 0.1) is 5.82 Å². The van der Waals surface area contributed by atoms with Crippen molar-refractivity contribution in [2.24, 2.45) is 0 Å². The highest BCUT2D eigenvalue weighted by Crippen LogP contribution is 2.29.